The van der Waals surface area contributed by atoms with Crippen LogP contribution in [0.25, 0.3) is 0 Å². The second kappa shape index (κ2) is 8.60. The molecule has 1 unspecified atom stereocenters. The molecular formula is C15H17Cl2N3O3S. The summed E-state index contributed by atoms with van der Waals surface area (Å²) in [7, 11) is 0. The molecule has 1 saturated heterocycles. The molecule has 1 aliphatic heterocycles. The summed E-state index contributed by atoms with van der Waals surface area (Å²) in [5, 5.41) is 6.18. The molecule has 0 spiro atoms. The minimum atomic E-state index is -0.552. The summed E-state index contributed by atoms with van der Waals surface area (Å²) in [5.41, 5.74) is 0.699. The predicted octanol–water partition coefficient (Wildman–Crippen LogP) is 2.28. The average molecular weight is 390 g/mol. The van der Waals surface area contributed by atoms with Gasteiger partial charge in [-0.1, -0.05) is 29.3 Å². The van der Waals surface area contributed by atoms with E-state index < -0.39 is 18.0 Å². The fraction of sp³-hybridized carbons (Fsp3) is 0.400. The standard InChI is InChI=1S/C15H17Cl2N3O3S/c1-24-5-4-12-14(22)20(15(23)19-12)8-13(21)18-7-9-2-3-10(16)6-11(9)17/h2-3,6,12H,4-5,7-8H2,1H3,(H,18,21)(H,19,23). The van der Waals surface area contributed by atoms with Gasteiger partial charge in [-0.05, 0) is 36.1 Å². The number of carbonyl (C=O) groups excluding carboxylic acids is 3. The molecule has 2 N–H and O–H groups in total. The second-order valence-corrected chi connectivity index (χ2v) is 7.05. The van der Waals surface area contributed by atoms with Crippen molar-refractivity contribution in [1.82, 2.24) is 15.5 Å². The van der Waals surface area contributed by atoms with Crippen molar-refractivity contribution in [2.24, 2.45) is 0 Å². The van der Waals surface area contributed by atoms with Crippen molar-refractivity contribution in [1.29, 1.82) is 0 Å². The zero-order valence-electron chi connectivity index (χ0n) is 13.0. The molecule has 24 heavy (non-hydrogen) atoms. The van der Waals surface area contributed by atoms with Crippen LogP contribution in [0.15, 0.2) is 18.2 Å². The van der Waals surface area contributed by atoms with Crippen molar-refractivity contribution >= 4 is 52.8 Å². The molecule has 0 radical (unpaired) electrons. The van der Waals surface area contributed by atoms with E-state index >= 15 is 0 Å². The van der Waals surface area contributed by atoms with Gasteiger partial charge in [0.2, 0.25) is 5.91 Å². The van der Waals surface area contributed by atoms with Crippen LogP contribution >= 0.6 is 35.0 Å². The number of amides is 4. The summed E-state index contributed by atoms with van der Waals surface area (Å²) in [6.07, 6.45) is 2.47. The van der Waals surface area contributed by atoms with Crippen LogP contribution in [-0.2, 0) is 16.1 Å². The number of benzene rings is 1. The van der Waals surface area contributed by atoms with Crippen molar-refractivity contribution < 1.29 is 14.4 Å². The summed E-state index contributed by atoms with van der Waals surface area (Å²) < 4.78 is 0. The lowest BCUT2D eigenvalue weighted by Gasteiger charge is -2.13. The highest BCUT2D eigenvalue weighted by Crippen LogP contribution is 2.20. The van der Waals surface area contributed by atoms with Gasteiger partial charge in [-0.25, -0.2) is 4.79 Å². The Hall–Kier alpha value is -1.44. The lowest BCUT2D eigenvalue weighted by Crippen LogP contribution is -2.41. The highest BCUT2D eigenvalue weighted by Gasteiger charge is 2.38. The van der Waals surface area contributed by atoms with Gasteiger partial charge in [0.05, 0.1) is 0 Å². The number of nitrogens with one attached hydrogen (secondary N) is 2. The van der Waals surface area contributed by atoms with Gasteiger partial charge in [-0.15, -0.1) is 0 Å². The number of hydrogen-bond acceptors (Lipinski definition) is 4. The summed E-state index contributed by atoms with van der Waals surface area (Å²) in [6.45, 7) is -0.125. The molecule has 1 atom stereocenters. The molecule has 6 nitrogen and oxygen atoms in total. The Balaban J connectivity index is 1.87. The number of thioether (sulfide) groups is 1. The van der Waals surface area contributed by atoms with Crippen molar-refractivity contribution in [3.8, 4) is 0 Å². The molecule has 130 valence electrons. The summed E-state index contributed by atoms with van der Waals surface area (Å²) in [6, 6.07) is 3.87. The number of carbonyl (C=O) groups is 3. The summed E-state index contributed by atoms with van der Waals surface area (Å²) in [4.78, 5) is 36.9. The van der Waals surface area contributed by atoms with Crippen LogP contribution in [0, 0.1) is 0 Å². The smallest absolute Gasteiger partial charge is 0.325 e. The van der Waals surface area contributed by atoms with E-state index in [1.165, 1.54) is 0 Å². The minimum Gasteiger partial charge on any atom is -0.350 e. The highest BCUT2D eigenvalue weighted by atomic mass is 35.5. The summed E-state index contributed by atoms with van der Waals surface area (Å²) >= 11 is 13.4. The first kappa shape index (κ1) is 18.9. The molecule has 9 heteroatoms. The molecule has 1 aromatic rings. The fourth-order valence-electron chi connectivity index (χ4n) is 2.22. The number of halogens is 2. The third-order valence-electron chi connectivity index (χ3n) is 3.51. The van der Waals surface area contributed by atoms with E-state index in [0.29, 0.717) is 22.0 Å². The maximum absolute atomic E-state index is 12.1. The first-order chi connectivity index (χ1) is 11.4. The zero-order valence-corrected chi connectivity index (χ0v) is 15.3. The number of nitrogens with zero attached hydrogens (tertiary/aromatic N) is 1. The lowest BCUT2D eigenvalue weighted by molar-refractivity contribution is -0.132. The maximum atomic E-state index is 12.1. The molecule has 1 fully saturated rings. The van der Waals surface area contributed by atoms with Gasteiger partial charge < -0.3 is 10.6 Å². The Kier molecular flexibility index (Phi) is 6.77. The fourth-order valence-corrected chi connectivity index (χ4v) is 3.16. The van der Waals surface area contributed by atoms with Crippen molar-refractivity contribution in [2.75, 3.05) is 18.6 Å². The molecule has 0 aromatic heterocycles. The zero-order chi connectivity index (χ0) is 17.7. The van der Waals surface area contributed by atoms with Crippen LogP contribution in [-0.4, -0.2) is 47.3 Å². The Morgan fingerprint density at radius 3 is 2.79 bits per heavy atom. The van der Waals surface area contributed by atoms with Crippen molar-refractivity contribution in [3.05, 3.63) is 33.8 Å². The molecule has 0 aliphatic carbocycles. The van der Waals surface area contributed by atoms with E-state index in [1.54, 1.807) is 30.0 Å². The largest absolute Gasteiger partial charge is 0.350 e. The van der Waals surface area contributed by atoms with Crippen LogP contribution in [0.2, 0.25) is 10.0 Å². The van der Waals surface area contributed by atoms with Gasteiger partial charge >= 0.3 is 6.03 Å². The third-order valence-corrected chi connectivity index (χ3v) is 4.74. The third kappa shape index (κ3) is 4.78. The molecule has 1 aromatic carbocycles. The van der Waals surface area contributed by atoms with Gasteiger partial charge in [-0.3, -0.25) is 14.5 Å². The second-order valence-electron chi connectivity index (χ2n) is 5.22. The number of hydrogen-bond donors (Lipinski definition) is 2. The molecule has 1 aliphatic rings. The normalized spacial score (nSPS) is 17.1. The molecule has 2 rings (SSSR count). The first-order valence-corrected chi connectivity index (χ1v) is 9.38. The minimum absolute atomic E-state index is 0.189. The van der Waals surface area contributed by atoms with E-state index in [1.807, 2.05) is 6.26 Å². The quantitative estimate of drug-likeness (QED) is 0.701. The maximum Gasteiger partial charge on any atom is 0.325 e. The first-order valence-electron chi connectivity index (χ1n) is 7.23. The highest BCUT2D eigenvalue weighted by molar-refractivity contribution is 7.98. The SMILES string of the molecule is CSCCC1NC(=O)N(CC(=O)NCc2ccc(Cl)cc2Cl)C1=O. The van der Waals surface area contributed by atoms with Gasteiger partial charge in [0.1, 0.15) is 12.6 Å². The monoisotopic (exact) mass is 389 g/mol. The van der Waals surface area contributed by atoms with E-state index in [0.717, 1.165) is 10.7 Å². The van der Waals surface area contributed by atoms with E-state index in [-0.39, 0.29) is 19.0 Å². The number of urea groups is 1. The Morgan fingerprint density at radius 2 is 2.12 bits per heavy atom. The van der Waals surface area contributed by atoms with Gasteiger partial charge in [-0.2, -0.15) is 11.8 Å². The van der Waals surface area contributed by atoms with Crippen LogP contribution in [0.5, 0.6) is 0 Å². The van der Waals surface area contributed by atoms with Gasteiger partial charge in [0.15, 0.2) is 0 Å². The van der Waals surface area contributed by atoms with Gasteiger partial charge in [0, 0.05) is 16.6 Å². The predicted molar refractivity (Wildman–Crippen MR) is 95.3 cm³/mol. The average Bonchev–Trinajstić information content (AvgIpc) is 2.79. The van der Waals surface area contributed by atoms with Gasteiger partial charge in [0.25, 0.3) is 5.91 Å². The Morgan fingerprint density at radius 1 is 1.38 bits per heavy atom. The van der Waals surface area contributed by atoms with Crippen LogP contribution in [0.3, 0.4) is 0 Å². The summed E-state index contributed by atoms with van der Waals surface area (Å²) in [5.74, 6) is -0.0463. The van der Waals surface area contributed by atoms with Crippen molar-refractivity contribution in [2.45, 2.75) is 19.0 Å². The molecule has 0 bridgehead atoms. The number of imide groups is 1. The van der Waals surface area contributed by atoms with E-state index in [2.05, 4.69) is 10.6 Å². The number of rotatable bonds is 7. The lowest BCUT2D eigenvalue weighted by atomic mass is 10.2. The van der Waals surface area contributed by atoms with Crippen LogP contribution in [0.1, 0.15) is 12.0 Å². The molecule has 1 heterocycles. The van der Waals surface area contributed by atoms with Crippen LogP contribution in [0.4, 0.5) is 4.79 Å². The van der Waals surface area contributed by atoms with Crippen molar-refractivity contribution in [3.63, 3.8) is 0 Å². The van der Waals surface area contributed by atoms with E-state index in [4.69, 9.17) is 23.2 Å². The molecule has 4 amide bonds. The topological polar surface area (TPSA) is 78.5 Å². The van der Waals surface area contributed by atoms with E-state index in [9.17, 15) is 14.4 Å². The Bertz CT molecular complexity index is 657. The molecular weight excluding hydrogens is 373 g/mol. The van der Waals surface area contributed by atoms with Crippen LogP contribution < -0.4 is 10.6 Å². The Labute approximate surface area is 154 Å². The molecule has 0 saturated carbocycles.